The summed E-state index contributed by atoms with van der Waals surface area (Å²) in [6.45, 7) is 5.68. The van der Waals surface area contributed by atoms with E-state index in [2.05, 4.69) is 19.0 Å². The van der Waals surface area contributed by atoms with Crippen LogP contribution in [0, 0.1) is 5.92 Å². The summed E-state index contributed by atoms with van der Waals surface area (Å²) in [4.78, 5) is 16.2. The van der Waals surface area contributed by atoms with Gasteiger partial charge in [-0.1, -0.05) is 13.8 Å². The lowest BCUT2D eigenvalue weighted by molar-refractivity contribution is -0.135. The van der Waals surface area contributed by atoms with E-state index in [0.29, 0.717) is 6.04 Å². The van der Waals surface area contributed by atoms with Crippen molar-refractivity contribution < 1.29 is 4.79 Å². The number of likely N-dealkylation sites (tertiary alicyclic amines) is 1. The molecule has 1 saturated heterocycles. The topological polar surface area (TPSA) is 49.6 Å². The number of rotatable bonds is 3. The molecule has 1 aliphatic heterocycles. The summed E-state index contributed by atoms with van der Waals surface area (Å²) >= 11 is 0. The number of carbonyl (C=O) groups is 1. The van der Waals surface area contributed by atoms with Gasteiger partial charge in [0.15, 0.2) is 0 Å². The molecule has 0 radical (unpaired) electrons. The van der Waals surface area contributed by atoms with Crippen LogP contribution in [-0.4, -0.2) is 55.0 Å². The zero-order valence-corrected chi connectivity index (χ0v) is 10.9. The maximum Gasteiger partial charge on any atom is 0.239 e. The van der Waals surface area contributed by atoms with Gasteiger partial charge in [-0.3, -0.25) is 4.79 Å². The van der Waals surface area contributed by atoms with Crippen molar-refractivity contribution in [2.24, 2.45) is 11.7 Å². The van der Waals surface area contributed by atoms with E-state index >= 15 is 0 Å². The fraction of sp³-hybridized carbons (Fsp3) is 0.917. The summed E-state index contributed by atoms with van der Waals surface area (Å²) < 4.78 is 0. The van der Waals surface area contributed by atoms with Gasteiger partial charge in [0.1, 0.15) is 0 Å². The molecule has 0 bridgehead atoms. The molecule has 4 nitrogen and oxygen atoms in total. The highest BCUT2D eigenvalue weighted by atomic mass is 16.2. The molecule has 0 saturated carbocycles. The Hall–Kier alpha value is -0.610. The predicted molar refractivity (Wildman–Crippen MR) is 66.1 cm³/mol. The third kappa shape index (κ3) is 3.19. The number of amides is 1. The van der Waals surface area contributed by atoms with Crippen molar-refractivity contribution in [3.63, 3.8) is 0 Å². The van der Waals surface area contributed by atoms with Gasteiger partial charge in [0.05, 0.1) is 6.04 Å². The smallest absolute Gasteiger partial charge is 0.239 e. The Labute approximate surface area is 98.8 Å². The molecule has 1 rings (SSSR count). The Morgan fingerprint density at radius 3 is 2.56 bits per heavy atom. The summed E-state index contributed by atoms with van der Waals surface area (Å²) in [6.07, 6.45) is 2.26. The van der Waals surface area contributed by atoms with E-state index in [0.717, 1.165) is 19.5 Å². The second-order valence-corrected chi connectivity index (χ2v) is 5.31. The molecule has 0 spiro atoms. The summed E-state index contributed by atoms with van der Waals surface area (Å²) in [7, 11) is 4.14. The number of hydrogen-bond donors (Lipinski definition) is 1. The summed E-state index contributed by atoms with van der Waals surface area (Å²) in [5.41, 5.74) is 5.91. The first-order valence-electron chi connectivity index (χ1n) is 6.14. The zero-order valence-electron chi connectivity index (χ0n) is 10.9. The minimum atomic E-state index is -0.346. The van der Waals surface area contributed by atoms with Crippen LogP contribution in [0.3, 0.4) is 0 Å². The Kier molecular flexibility index (Phi) is 4.74. The highest BCUT2D eigenvalue weighted by Crippen LogP contribution is 2.15. The van der Waals surface area contributed by atoms with Gasteiger partial charge >= 0.3 is 0 Å². The van der Waals surface area contributed by atoms with Gasteiger partial charge < -0.3 is 15.5 Å². The Bertz CT molecular complexity index is 240. The number of nitrogens with zero attached hydrogens (tertiary/aromatic N) is 2. The van der Waals surface area contributed by atoms with Gasteiger partial charge in [0.25, 0.3) is 0 Å². The highest BCUT2D eigenvalue weighted by Gasteiger charge is 2.28. The summed E-state index contributed by atoms with van der Waals surface area (Å²) in [5, 5.41) is 0. The van der Waals surface area contributed by atoms with Gasteiger partial charge in [-0.25, -0.2) is 0 Å². The first-order valence-corrected chi connectivity index (χ1v) is 6.14. The number of nitrogens with two attached hydrogens (primary N) is 1. The van der Waals surface area contributed by atoms with Gasteiger partial charge in [-0.2, -0.15) is 0 Å². The maximum absolute atomic E-state index is 12.1. The second-order valence-electron chi connectivity index (χ2n) is 5.31. The van der Waals surface area contributed by atoms with Gasteiger partial charge in [0.2, 0.25) is 5.91 Å². The Balaban J connectivity index is 2.56. The van der Waals surface area contributed by atoms with Crippen LogP contribution in [-0.2, 0) is 4.79 Å². The van der Waals surface area contributed by atoms with E-state index in [1.54, 1.807) is 0 Å². The van der Waals surface area contributed by atoms with E-state index in [-0.39, 0.29) is 17.9 Å². The summed E-state index contributed by atoms with van der Waals surface area (Å²) in [6, 6.07) is 0.137. The highest BCUT2D eigenvalue weighted by molar-refractivity contribution is 5.82. The molecule has 0 aromatic heterocycles. The third-order valence-electron chi connectivity index (χ3n) is 3.44. The van der Waals surface area contributed by atoms with Crippen molar-refractivity contribution in [1.82, 2.24) is 9.80 Å². The molecular formula is C12H25N3O. The predicted octanol–water partition coefficient (Wildman–Crippen LogP) is 0.522. The lowest BCUT2D eigenvalue weighted by Crippen LogP contribution is -2.53. The van der Waals surface area contributed by atoms with Crippen LogP contribution >= 0.6 is 0 Å². The fourth-order valence-electron chi connectivity index (χ4n) is 2.07. The van der Waals surface area contributed by atoms with E-state index in [9.17, 15) is 4.79 Å². The van der Waals surface area contributed by atoms with Crippen molar-refractivity contribution in [2.45, 2.75) is 38.8 Å². The van der Waals surface area contributed by atoms with Crippen LogP contribution in [0.15, 0.2) is 0 Å². The van der Waals surface area contributed by atoms with Gasteiger partial charge in [-0.05, 0) is 32.9 Å². The van der Waals surface area contributed by atoms with E-state index < -0.39 is 0 Å². The Morgan fingerprint density at radius 2 is 2.06 bits per heavy atom. The molecule has 1 unspecified atom stereocenters. The van der Waals surface area contributed by atoms with Crippen molar-refractivity contribution in [3.8, 4) is 0 Å². The van der Waals surface area contributed by atoms with Crippen LogP contribution in [0.1, 0.15) is 26.7 Å². The largest absolute Gasteiger partial charge is 0.340 e. The third-order valence-corrected chi connectivity index (χ3v) is 3.44. The molecule has 1 amide bonds. The Morgan fingerprint density at radius 1 is 1.44 bits per heavy atom. The molecule has 0 aromatic carbocycles. The lowest BCUT2D eigenvalue weighted by atomic mass is 10.00. The fourth-order valence-corrected chi connectivity index (χ4v) is 2.07. The number of piperidine rings is 1. The average Bonchev–Trinajstić information content (AvgIpc) is 2.27. The normalized spacial score (nSPS) is 23.9. The first-order chi connectivity index (χ1) is 7.43. The monoisotopic (exact) mass is 227 g/mol. The minimum Gasteiger partial charge on any atom is -0.340 e. The van der Waals surface area contributed by atoms with E-state index in [1.165, 1.54) is 6.42 Å². The van der Waals surface area contributed by atoms with Crippen LogP contribution in [0.5, 0.6) is 0 Å². The maximum atomic E-state index is 12.1. The number of likely N-dealkylation sites (N-methyl/N-ethyl adjacent to an activating group) is 1. The van der Waals surface area contributed by atoms with Crippen LogP contribution in [0.25, 0.3) is 0 Å². The van der Waals surface area contributed by atoms with Crippen molar-refractivity contribution in [3.05, 3.63) is 0 Å². The molecule has 94 valence electrons. The van der Waals surface area contributed by atoms with Crippen LogP contribution in [0.4, 0.5) is 0 Å². The summed E-state index contributed by atoms with van der Waals surface area (Å²) in [5.74, 6) is 0.328. The molecule has 2 N–H and O–H groups in total. The van der Waals surface area contributed by atoms with Gasteiger partial charge in [0, 0.05) is 19.1 Å². The molecule has 0 aromatic rings. The van der Waals surface area contributed by atoms with E-state index in [4.69, 9.17) is 5.73 Å². The average molecular weight is 227 g/mol. The lowest BCUT2D eigenvalue weighted by Gasteiger charge is -2.37. The molecular weight excluding hydrogens is 202 g/mol. The molecule has 1 heterocycles. The SMILES string of the molecule is CC(C)[C@H](N)C(=O)N1CCCC(N(C)C)C1. The number of carbonyl (C=O) groups excluding carboxylic acids is 1. The van der Waals surface area contributed by atoms with E-state index in [1.807, 2.05) is 18.7 Å². The number of hydrogen-bond acceptors (Lipinski definition) is 3. The van der Waals surface area contributed by atoms with Gasteiger partial charge in [-0.15, -0.1) is 0 Å². The molecule has 1 fully saturated rings. The van der Waals surface area contributed by atoms with Crippen molar-refractivity contribution >= 4 is 5.91 Å². The van der Waals surface area contributed by atoms with Crippen LogP contribution in [0.2, 0.25) is 0 Å². The zero-order chi connectivity index (χ0) is 12.3. The first kappa shape index (κ1) is 13.5. The molecule has 16 heavy (non-hydrogen) atoms. The standard InChI is InChI=1S/C12H25N3O/c1-9(2)11(13)12(16)15-7-5-6-10(8-15)14(3)4/h9-11H,5-8,13H2,1-4H3/t10?,11-/m0/s1. The van der Waals surface area contributed by atoms with Crippen molar-refractivity contribution in [1.29, 1.82) is 0 Å². The van der Waals surface area contributed by atoms with Crippen LogP contribution < -0.4 is 5.73 Å². The van der Waals surface area contributed by atoms with Crippen molar-refractivity contribution in [2.75, 3.05) is 27.2 Å². The minimum absolute atomic E-state index is 0.113. The quantitative estimate of drug-likeness (QED) is 0.765. The molecule has 2 atom stereocenters. The molecule has 0 aliphatic carbocycles. The molecule has 1 aliphatic rings. The molecule has 4 heteroatoms. The second kappa shape index (κ2) is 5.64.